The lowest BCUT2D eigenvalue weighted by atomic mass is 10.1. The van der Waals surface area contributed by atoms with Crippen molar-refractivity contribution in [2.75, 3.05) is 25.0 Å². The van der Waals surface area contributed by atoms with E-state index in [4.69, 9.17) is 0 Å². The van der Waals surface area contributed by atoms with Crippen LogP contribution in [0, 0.1) is 0 Å². The second kappa shape index (κ2) is 8.09. The van der Waals surface area contributed by atoms with Crippen molar-refractivity contribution in [3.05, 3.63) is 71.7 Å². The summed E-state index contributed by atoms with van der Waals surface area (Å²) in [6.07, 6.45) is 0. The molecule has 0 saturated carbocycles. The molecule has 142 valence electrons. The van der Waals surface area contributed by atoms with E-state index in [0.717, 1.165) is 27.0 Å². The molecular weight excluding hydrogens is 366 g/mol. The van der Waals surface area contributed by atoms with E-state index < -0.39 is 0 Å². The molecule has 1 amide bonds. The van der Waals surface area contributed by atoms with E-state index >= 15 is 0 Å². The first kappa shape index (κ1) is 18.6. The van der Waals surface area contributed by atoms with Crippen LogP contribution in [0.2, 0.25) is 0 Å². The average molecular weight is 390 g/mol. The molecule has 0 radical (unpaired) electrons. The summed E-state index contributed by atoms with van der Waals surface area (Å²) in [6.45, 7) is 3.68. The number of benzene rings is 3. The van der Waals surface area contributed by atoms with Gasteiger partial charge >= 0.3 is 0 Å². The van der Waals surface area contributed by atoms with Gasteiger partial charge in [-0.3, -0.25) is 9.69 Å². The Morgan fingerprint density at radius 2 is 1.75 bits per heavy atom. The first-order valence-corrected chi connectivity index (χ1v) is 10.3. The minimum absolute atomic E-state index is 0.0995. The van der Waals surface area contributed by atoms with Crippen molar-refractivity contribution >= 4 is 43.9 Å². The summed E-state index contributed by atoms with van der Waals surface area (Å²) in [4.78, 5) is 21.6. The predicted molar refractivity (Wildman–Crippen MR) is 118 cm³/mol. The molecule has 0 aliphatic rings. The Bertz CT molecular complexity index is 1080. The highest BCUT2D eigenvalue weighted by molar-refractivity contribution is 7.18. The van der Waals surface area contributed by atoms with Crippen LogP contribution >= 0.6 is 11.3 Å². The topological polar surface area (TPSA) is 36.4 Å². The van der Waals surface area contributed by atoms with Crippen LogP contribution in [0.15, 0.2) is 66.7 Å². The second-order valence-corrected chi connectivity index (χ2v) is 8.00. The number of anilines is 1. The van der Waals surface area contributed by atoms with E-state index in [9.17, 15) is 4.79 Å². The number of nitrogens with zero attached hydrogens (tertiary/aromatic N) is 3. The number of amides is 1. The van der Waals surface area contributed by atoms with Crippen LogP contribution in [0.1, 0.15) is 11.9 Å². The van der Waals surface area contributed by atoms with Crippen molar-refractivity contribution in [2.45, 2.75) is 13.5 Å². The smallest absolute Gasteiger partial charge is 0.241 e. The van der Waals surface area contributed by atoms with Crippen molar-refractivity contribution < 1.29 is 4.79 Å². The Labute approximate surface area is 169 Å². The number of hydrogen-bond acceptors (Lipinski definition) is 4. The lowest BCUT2D eigenvalue weighted by molar-refractivity contribution is -0.119. The van der Waals surface area contributed by atoms with Crippen molar-refractivity contribution in [1.82, 2.24) is 9.88 Å². The van der Waals surface area contributed by atoms with Gasteiger partial charge in [0.25, 0.3) is 0 Å². The molecule has 0 aliphatic carbocycles. The number of para-hydroxylation sites is 1. The highest BCUT2D eigenvalue weighted by Gasteiger charge is 2.18. The van der Waals surface area contributed by atoms with E-state index in [1.54, 1.807) is 11.3 Å². The van der Waals surface area contributed by atoms with Gasteiger partial charge in [-0.05, 0) is 37.6 Å². The van der Waals surface area contributed by atoms with Gasteiger partial charge in [-0.15, -0.1) is 11.3 Å². The molecule has 4 rings (SSSR count). The second-order valence-electron chi connectivity index (χ2n) is 6.88. The highest BCUT2D eigenvalue weighted by atomic mass is 32.1. The van der Waals surface area contributed by atoms with Gasteiger partial charge in [0, 0.05) is 11.9 Å². The van der Waals surface area contributed by atoms with Crippen LogP contribution in [0.25, 0.3) is 21.0 Å². The molecule has 0 spiro atoms. The number of aromatic nitrogens is 1. The molecule has 0 saturated heterocycles. The van der Waals surface area contributed by atoms with Crippen molar-refractivity contribution in [3.8, 4) is 0 Å². The normalized spacial score (nSPS) is 11.4. The maximum absolute atomic E-state index is 13.1. The third kappa shape index (κ3) is 3.77. The van der Waals surface area contributed by atoms with Gasteiger partial charge in [-0.1, -0.05) is 48.5 Å². The molecule has 0 aliphatic heterocycles. The van der Waals surface area contributed by atoms with Crippen molar-refractivity contribution in [3.63, 3.8) is 0 Å². The first-order chi connectivity index (χ1) is 13.7. The Morgan fingerprint density at radius 3 is 2.57 bits per heavy atom. The fourth-order valence-corrected chi connectivity index (χ4v) is 4.56. The third-order valence-electron chi connectivity index (χ3n) is 4.82. The summed E-state index contributed by atoms with van der Waals surface area (Å²) in [7, 11) is 1.97. The summed E-state index contributed by atoms with van der Waals surface area (Å²) in [6, 6.07) is 22.5. The van der Waals surface area contributed by atoms with Gasteiger partial charge in [0.05, 0.1) is 29.0 Å². The predicted octanol–water partition coefficient (Wildman–Crippen LogP) is 4.93. The zero-order chi connectivity index (χ0) is 19.5. The Kier molecular flexibility index (Phi) is 5.37. The van der Waals surface area contributed by atoms with Crippen LogP contribution in [0.4, 0.5) is 5.69 Å². The molecular formula is C23H23N3OS. The Hall–Kier alpha value is -2.76. The number of carbonyl (C=O) groups is 1. The molecule has 0 fully saturated rings. The number of hydrogen-bond donors (Lipinski definition) is 0. The van der Waals surface area contributed by atoms with Crippen LogP contribution in [0.3, 0.4) is 0 Å². The summed E-state index contributed by atoms with van der Waals surface area (Å²) in [5, 5.41) is 3.29. The zero-order valence-corrected chi connectivity index (χ0v) is 16.9. The lowest BCUT2D eigenvalue weighted by Crippen LogP contribution is -2.38. The lowest BCUT2D eigenvalue weighted by Gasteiger charge is -2.25. The van der Waals surface area contributed by atoms with Gasteiger partial charge in [0.2, 0.25) is 5.91 Å². The molecule has 28 heavy (non-hydrogen) atoms. The SMILES string of the molecule is CCN(C(=O)CN(C)Cc1nc2ccccc2s1)c1cccc2ccccc12. The standard InChI is InChI=1S/C23H23N3OS/c1-3-26(20-13-8-10-17-9-4-5-11-18(17)20)23(27)16-25(2)15-22-24-19-12-6-7-14-21(19)28-22/h4-14H,3,15-16H2,1-2H3. The monoisotopic (exact) mass is 389 g/mol. The molecule has 4 aromatic rings. The molecule has 4 nitrogen and oxygen atoms in total. The van der Waals surface area contributed by atoms with E-state index in [2.05, 4.69) is 29.2 Å². The molecule has 1 aromatic heterocycles. The van der Waals surface area contributed by atoms with Gasteiger partial charge in [0.1, 0.15) is 5.01 Å². The number of likely N-dealkylation sites (N-methyl/N-ethyl adjacent to an activating group) is 2. The molecule has 0 atom stereocenters. The number of thiazole rings is 1. The largest absolute Gasteiger partial charge is 0.311 e. The number of carbonyl (C=O) groups excluding carboxylic acids is 1. The van der Waals surface area contributed by atoms with E-state index in [1.807, 2.05) is 66.2 Å². The van der Waals surface area contributed by atoms with Gasteiger partial charge in [-0.2, -0.15) is 0 Å². The van der Waals surface area contributed by atoms with Crippen LogP contribution in [-0.2, 0) is 11.3 Å². The summed E-state index contributed by atoms with van der Waals surface area (Å²) in [5.74, 6) is 0.0995. The van der Waals surface area contributed by atoms with Crippen LogP contribution in [-0.4, -0.2) is 35.9 Å². The minimum atomic E-state index is 0.0995. The summed E-state index contributed by atoms with van der Waals surface area (Å²) < 4.78 is 1.18. The highest BCUT2D eigenvalue weighted by Crippen LogP contribution is 2.27. The van der Waals surface area contributed by atoms with Crippen LogP contribution < -0.4 is 4.90 Å². The van der Waals surface area contributed by atoms with E-state index in [0.29, 0.717) is 19.6 Å². The van der Waals surface area contributed by atoms with Crippen molar-refractivity contribution in [2.24, 2.45) is 0 Å². The van der Waals surface area contributed by atoms with Gasteiger partial charge in [-0.25, -0.2) is 4.98 Å². The average Bonchev–Trinajstić information content (AvgIpc) is 3.10. The summed E-state index contributed by atoms with van der Waals surface area (Å²) in [5.41, 5.74) is 1.99. The minimum Gasteiger partial charge on any atom is -0.311 e. The number of fused-ring (bicyclic) bond motifs is 2. The molecule has 5 heteroatoms. The fourth-order valence-electron chi connectivity index (χ4n) is 3.52. The molecule has 0 bridgehead atoms. The maximum atomic E-state index is 13.1. The molecule has 3 aromatic carbocycles. The van der Waals surface area contributed by atoms with Crippen LogP contribution in [0.5, 0.6) is 0 Å². The fraction of sp³-hybridized carbons (Fsp3) is 0.217. The van der Waals surface area contributed by atoms with Gasteiger partial charge < -0.3 is 4.90 Å². The molecule has 0 unspecified atom stereocenters. The molecule has 1 heterocycles. The van der Waals surface area contributed by atoms with E-state index in [-0.39, 0.29) is 5.91 Å². The first-order valence-electron chi connectivity index (χ1n) is 9.47. The van der Waals surface area contributed by atoms with Crippen molar-refractivity contribution in [1.29, 1.82) is 0 Å². The zero-order valence-electron chi connectivity index (χ0n) is 16.1. The third-order valence-corrected chi connectivity index (χ3v) is 5.84. The molecule has 0 N–H and O–H groups in total. The quantitative estimate of drug-likeness (QED) is 0.469. The Morgan fingerprint density at radius 1 is 1.00 bits per heavy atom. The number of rotatable bonds is 6. The maximum Gasteiger partial charge on any atom is 0.241 e. The Balaban J connectivity index is 1.50. The van der Waals surface area contributed by atoms with E-state index in [1.165, 1.54) is 4.70 Å². The van der Waals surface area contributed by atoms with Gasteiger partial charge in [0.15, 0.2) is 0 Å². The summed E-state index contributed by atoms with van der Waals surface area (Å²) >= 11 is 1.69.